The molecule has 1 aliphatic carbocycles. The van der Waals surface area contributed by atoms with Crippen molar-refractivity contribution in [2.75, 3.05) is 16.8 Å². The Bertz CT molecular complexity index is 789. The van der Waals surface area contributed by atoms with Crippen molar-refractivity contribution in [3.63, 3.8) is 0 Å². The van der Waals surface area contributed by atoms with Crippen molar-refractivity contribution in [1.29, 1.82) is 0 Å². The van der Waals surface area contributed by atoms with Crippen molar-refractivity contribution in [2.45, 2.75) is 24.8 Å². The number of thiazole rings is 1. The van der Waals surface area contributed by atoms with Gasteiger partial charge in [0, 0.05) is 12.2 Å². The van der Waals surface area contributed by atoms with Gasteiger partial charge in [-0.25, -0.2) is 9.97 Å². The van der Waals surface area contributed by atoms with Gasteiger partial charge in [0.2, 0.25) is 0 Å². The van der Waals surface area contributed by atoms with Crippen LogP contribution in [0.1, 0.15) is 24.3 Å². The van der Waals surface area contributed by atoms with Crippen molar-refractivity contribution < 1.29 is 0 Å². The fourth-order valence-electron chi connectivity index (χ4n) is 2.96. The van der Waals surface area contributed by atoms with Gasteiger partial charge in [-0.3, -0.25) is 0 Å². The number of nitrogens with zero attached hydrogens (tertiary/aromatic N) is 2. The molecule has 112 valence electrons. The van der Waals surface area contributed by atoms with Crippen molar-refractivity contribution >= 4 is 38.2 Å². The Kier molecular flexibility index (Phi) is 3.11. The zero-order valence-electron chi connectivity index (χ0n) is 12.0. The van der Waals surface area contributed by atoms with Crippen LogP contribution in [0.25, 0.3) is 10.2 Å². The van der Waals surface area contributed by atoms with Gasteiger partial charge in [-0.15, -0.1) is 0 Å². The molecule has 2 aromatic heterocycles. The molecule has 0 unspecified atom stereocenters. The van der Waals surface area contributed by atoms with Crippen LogP contribution in [-0.4, -0.2) is 16.0 Å². The molecule has 0 radical (unpaired) electrons. The van der Waals surface area contributed by atoms with Gasteiger partial charge in [0.1, 0.15) is 5.82 Å². The topological polar surface area (TPSA) is 89.8 Å². The third kappa shape index (κ3) is 2.25. The van der Waals surface area contributed by atoms with Gasteiger partial charge in [0.25, 0.3) is 0 Å². The SMILES string of the molecule is Nc1nccc([C@H]2C[C@H](Nc3nc4ccccc4s3)C2)c1N. The standard InChI is InChI=1S/C16H17N5S/c17-14-11(5-6-19-15(14)18)9-7-10(8-9)20-16-21-12-3-1-2-4-13(12)22-16/h1-6,9-10H,7-8,17H2,(H2,18,19)(H,20,21)/t9-,10-. The molecule has 22 heavy (non-hydrogen) atoms. The molecule has 1 fully saturated rings. The summed E-state index contributed by atoms with van der Waals surface area (Å²) in [4.78, 5) is 8.64. The van der Waals surface area contributed by atoms with Crippen molar-refractivity contribution in [2.24, 2.45) is 0 Å². The molecule has 5 nitrogen and oxygen atoms in total. The Labute approximate surface area is 132 Å². The highest BCUT2D eigenvalue weighted by Gasteiger charge is 2.32. The number of para-hydroxylation sites is 1. The minimum Gasteiger partial charge on any atom is -0.396 e. The summed E-state index contributed by atoms with van der Waals surface area (Å²) in [5, 5.41) is 4.51. The number of nitrogens with one attached hydrogen (secondary N) is 1. The first-order chi connectivity index (χ1) is 10.7. The van der Waals surface area contributed by atoms with Crippen LogP contribution in [0, 0.1) is 0 Å². The number of pyridine rings is 1. The highest BCUT2D eigenvalue weighted by atomic mass is 32.1. The molecule has 0 bridgehead atoms. The van der Waals surface area contributed by atoms with Crippen LogP contribution in [0.3, 0.4) is 0 Å². The number of benzene rings is 1. The number of aromatic nitrogens is 2. The van der Waals surface area contributed by atoms with E-state index in [1.165, 1.54) is 4.70 Å². The molecular weight excluding hydrogens is 294 g/mol. The largest absolute Gasteiger partial charge is 0.396 e. The summed E-state index contributed by atoms with van der Waals surface area (Å²) in [5.41, 5.74) is 14.6. The fraction of sp³-hybridized carbons (Fsp3) is 0.250. The van der Waals surface area contributed by atoms with E-state index in [-0.39, 0.29) is 0 Å². The first-order valence-corrected chi connectivity index (χ1v) is 8.14. The third-order valence-corrected chi connectivity index (χ3v) is 5.22. The average molecular weight is 311 g/mol. The van der Waals surface area contributed by atoms with Crippen molar-refractivity contribution in [1.82, 2.24) is 9.97 Å². The molecular formula is C16H17N5S. The molecule has 6 heteroatoms. The number of nitrogens with two attached hydrogens (primary N) is 2. The molecule has 0 aliphatic heterocycles. The highest BCUT2D eigenvalue weighted by molar-refractivity contribution is 7.22. The van der Waals surface area contributed by atoms with Gasteiger partial charge in [-0.05, 0) is 42.5 Å². The zero-order valence-corrected chi connectivity index (χ0v) is 12.8. The molecule has 0 atom stereocenters. The number of hydrogen-bond acceptors (Lipinski definition) is 6. The molecule has 1 saturated carbocycles. The minimum absolute atomic E-state index is 0.431. The van der Waals surface area contributed by atoms with E-state index >= 15 is 0 Å². The molecule has 5 N–H and O–H groups in total. The van der Waals surface area contributed by atoms with Crippen molar-refractivity contribution in [3.8, 4) is 0 Å². The number of hydrogen-bond donors (Lipinski definition) is 3. The second-order valence-corrected chi connectivity index (χ2v) is 6.73. The molecule has 3 aromatic rings. The van der Waals surface area contributed by atoms with E-state index in [2.05, 4.69) is 21.4 Å². The smallest absolute Gasteiger partial charge is 0.184 e. The van der Waals surface area contributed by atoms with Gasteiger partial charge in [0.15, 0.2) is 5.13 Å². The first kappa shape index (κ1) is 13.3. The second kappa shape index (κ2) is 5.14. The molecule has 4 rings (SSSR count). The Morgan fingerprint density at radius 3 is 2.77 bits per heavy atom. The Morgan fingerprint density at radius 2 is 1.95 bits per heavy atom. The van der Waals surface area contributed by atoms with Gasteiger partial charge >= 0.3 is 0 Å². The highest BCUT2D eigenvalue weighted by Crippen LogP contribution is 2.42. The van der Waals surface area contributed by atoms with Gasteiger partial charge in [-0.2, -0.15) is 0 Å². The summed E-state index contributed by atoms with van der Waals surface area (Å²) >= 11 is 1.70. The predicted octanol–water partition coefficient (Wildman–Crippen LogP) is 3.21. The number of anilines is 3. The summed E-state index contributed by atoms with van der Waals surface area (Å²) in [6.07, 6.45) is 3.82. The van der Waals surface area contributed by atoms with E-state index in [1.54, 1.807) is 17.5 Å². The lowest BCUT2D eigenvalue weighted by molar-refractivity contribution is 0.375. The summed E-state index contributed by atoms with van der Waals surface area (Å²) in [7, 11) is 0. The number of fused-ring (bicyclic) bond motifs is 1. The maximum absolute atomic E-state index is 6.02. The minimum atomic E-state index is 0.431. The van der Waals surface area contributed by atoms with Crippen LogP contribution in [-0.2, 0) is 0 Å². The van der Waals surface area contributed by atoms with Gasteiger partial charge < -0.3 is 16.8 Å². The number of rotatable bonds is 3. The van der Waals surface area contributed by atoms with Gasteiger partial charge in [-0.1, -0.05) is 23.5 Å². The third-order valence-electron chi connectivity index (χ3n) is 4.25. The fourth-order valence-corrected chi connectivity index (χ4v) is 3.90. The lowest BCUT2D eigenvalue weighted by Gasteiger charge is -2.36. The molecule has 0 amide bonds. The van der Waals surface area contributed by atoms with E-state index < -0.39 is 0 Å². The maximum Gasteiger partial charge on any atom is 0.184 e. The lowest BCUT2D eigenvalue weighted by atomic mass is 9.75. The average Bonchev–Trinajstić information content (AvgIpc) is 2.88. The quantitative estimate of drug-likeness (QED) is 0.691. The van der Waals surface area contributed by atoms with E-state index in [1.807, 2.05) is 24.3 Å². The lowest BCUT2D eigenvalue weighted by Crippen LogP contribution is -2.34. The van der Waals surface area contributed by atoms with E-state index in [0.29, 0.717) is 23.5 Å². The molecule has 0 saturated heterocycles. The van der Waals surface area contributed by atoms with Crippen molar-refractivity contribution in [3.05, 3.63) is 42.1 Å². The Morgan fingerprint density at radius 1 is 1.14 bits per heavy atom. The molecule has 1 aliphatic rings. The van der Waals surface area contributed by atoms with Crippen LogP contribution in [0.4, 0.5) is 16.6 Å². The summed E-state index contributed by atoms with van der Waals surface area (Å²) in [6, 6.07) is 10.6. The summed E-state index contributed by atoms with van der Waals surface area (Å²) < 4.78 is 1.21. The van der Waals surface area contributed by atoms with Crippen LogP contribution in [0.5, 0.6) is 0 Å². The molecule has 2 heterocycles. The van der Waals surface area contributed by atoms with Crippen LogP contribution < -0.4 is 16.8 Å². The van der Waals surface area contributed by atoms with Gasteiger partial charge in [0.05, 0.1) is 15.9 Å². The second-order valence-electron chi connectivity index (χ2n) is 5.70. The Balaban J connectivity index is 1.44. The van der Waals surface area contributed by atoms with E-state index in [9.17, 15) is 0 Å². The Hall–Kier alpha value is -2.34. The van der Waals surface area contributed by atoms with E-state index in [0.717, 1.165) is 29.1 Å². The normalized spacial score (nSPS) is 20.7. The summed E-state index contributed by atoms with van der Waals surface area (Å²) in [6.45, 7) is 0. The molecule has 1 aromatic carbocycles. The first-order valence-electron chi connectivity index (χ1n) is 7.32. The zero-order chi connectivity index (χ0) is 15.1. The predicted molar refractivity (Wildman–Crippen MR) is 92.1 cm³/mol. The number of nitrogen functional groups attached to an aromatic ring is 2. The van der Waals surface area contributed by atoms with E-state index in [4.69, 9.17) is 11.5 Å². The molecule has 0 spiro atoms. The summed E-state index contributed by atoms with van der Waals surface area (Å²) in [5.74, 6) is 0.886. The van der Waals surface area contributed by atoms with Crippen LogP contribution in [0.15, 0.2) is 36.5 Å². The monoisotopic (exact) mass is 311 g/mol. The maximum atomic E-state index is 6.02. The van der Waals surface area contributed by atoms with Crippen LogP contribution >= 0.6 is 11.3 Å². The van der Waals surface area contributed by atoms with Crippen LogP contribution in [0.2, 0.25) is 0 Å².